The number of rotatable bonds is 10. The zero-order valence-corrected chi connectivity index (χ0v) is 14.5. The lowest BCUT2D eigenvalue weighted by atomic mass is 10.1. The number of para-hydroxylation sites is 2. The Hall–Kier alpha value is -1.84. The third kappa shape index (κ3) is 7.31. The summed E-state index contributed by atoms with van der Waals surface area (Å²) in [6.07, 6.45) is 6.08. The largest absolute Gasteiger partial charge is 0.423 e. The molecule has 1 aromatic rings. The zero-order chi connectivity index (χ0) is 17.1. The third-order valence-corrected chi connectivity index (χ3v) is 3.66. The van der Waals surface area contributed by atoms with Gasteiger partial charge in [-0.2, -0.15) is 0 Å². The van der Waals surface area contributed by atoms with Crippen molar-refractivity contribution in [2.75, 3.05) is 0 Å². The lowest BCUT2D eigenvalue weighted by Crippen LogP contribution is -2.18. The van der Waals surface area contributed by atoms with Gasteiger partial charge in [-0.1, -0.05) is 58.6 Å². The second-order valence-electron chi connectivity index (χ2n) is 5.84. The molecule has 0 aliphatic rings. The van der Waals surface area contributed by atoms with E-state index in [9.17, 15) is 9.59 Å². The molecular weight excluding hydrogens is 292 g/mol. The molecule has 0 saturated heterocycles. The maximum absolute atomic E-state index is 12.1. The minimum atomic E-state index is -0.291. The van der Waals surface area contributed by atoms with Gasteiger partial charge in [0.15, 0.2) is 11.5 Å². The van der Waals surface area contributed by atoms with Gasteiger partial charge >= 0.3 is 11.9 Å². The van der Waals surface area contributed by atoms with Gasteiger partial charge in [0.2, 0.25) is 0 Å². The van der Waals surface area contributed by atoms with E-state index in [1.54, 1.807) is 24.3 Å². The molecule has 0 amide bonds. The molecule has 4 heteroatoms. The number of benzene rings is 1. The van der Waals surface area contributed by atoms with Crippen LogP contribution in [0.15, 0.2) is 24.3 Å². The topological polar surface area (TPSA) is 52.6 Å². The summed E-state index contributed by atoms with van der Waals surface area (Å²) < 4.78 is 10.8. The predicted molar refractivity (Wildman–Crippen MR) is 90.5 cm³/mol. The first kappa shape index (κ1) is 19.2. The first-order chi connectivity index (χ1) is 11.1. The summed E-state index contributed by atoms with van der Waals surface area (Å²) in [5.41, 5.74) is 0. The Kier molecular flexibility index (Phi) is 9.03. The maximum atomic E-state index is 12.1. The van der Waals surface area contributed by atoms with Crippen LogP contribution in [0, 0.1) is 5.92 Å². The van der Waals surface area contributed by atoms with Gasteiger partial charge in [0.05, 0.1) is 5.92 Å². The van der Waals surface area contributed by atoms with E-state index < -0.39 is 0 Å². The maximum Gasteiger partial charge on any atom is 0.314 e. The van der Waals surface area contributed by atoms with Crippen LogP contribution >= 0.6 is 0 Å². The van der Waals surface area contributed by atoms with Crippen molar-refractivity contribution in [3.63, 3.8) is 0 Å². The smallest absolute Gasteiger partial charge is 0.314 e. The third-order valence-electron chi connectivity index (χ3n) is 3.66. The van der Waals surface area contributed by atoms with Gasteiger partial charge in [-0.3, -0.25) is 9.59 Å². The highest BCUT2D eigenvalue weighted by atomic mass is 16.6. The summed E-state index contributed by atoms with van der Waals surface area (Å²) in [7, 11) is 0. The summed E-state index contributed by atoms with van der Waals surface area (Å²) in [5.74, 6) is -0.119. The number of esters is 2. The minimum absolute atomic E-state index is 0.164. The molecule has 1 unspecified atom stereocenters. The fourth-order valence-corrected chi connectivity index (χ4v) is 2.15. The van der Waals surface area contributed by atoms with E-state index in [0.29, 0.717) is 17.9 Å². The fourth-order valence-electron chi connectivity index (χ4n) is 2.15. The molecule has 1 atom stereocenters. The van der Waals surface area contributed by atoms with Crippen molar-refractivity contribution in [3.05, 3.63) is 24.3 Å². The molecule has 128 valence electrons. The van der Waals surface area contributed by atoms with Crippen LogP contribution in [-0.4, -0.2) is 11.9 Å². The van der Waals surface area contributed by atoms with E-state index in [-0.39, 0.29) is 17.9 Å². The van der Waals surface area contributed by atoms with Crippen molar-refractivity contribution < 1.29 is 19.1 Å². The van der Waals surface area contributed by atoms with E-state index >= 15 is 0 Å². The quantitative estimate of drug-likeness (QED) is 0.349. The highest BCUT2D eigenvalue weighted by Crippen LogP contribution is 2.28. The average Bonchev–Trinajstić information content (AvgIpc) is 2.54. The highest BCUT2D eigenvalue weighted by Gasteiger charge is 2.18. The van der Waals surface area contributed by atoms with Crippen LogP contribution in [0.1, 0.15) is 65.7 Å². The summed E-state index contributed by atoms with van der Waals surface area (Å²) in [5, 5.41) is 0. The summed E-state index contributed by atoms with van der Waals surface area (Å²) in [6.45, 7) is 6.03. The molecule has 0 bridgehead atoms. The monoisotopic (exact) mass is 320 g/mol. The van der Waals surface area contributed by atoms with E-state index in [2.05, 4.69) is 13.8 Å². The molecule has 1 aromatic carbocycles. The average molecular weight is 320 g/mol. The van der Waals surface area contributed by atoms with Crippen molar-refractivity contribution in [1.29, 1.82) is 0 Å². The van der Waals surface area contributed by atoms with Gasteiger partial charge in [-0.05, 0) is 25.0 Å². The van der Waals surface area contributed by atoms with Crippen LogP contribution in [0.2, 0.25) is 0 Å². The van der Waals surface area contributed by atoms with Crippen LogP contribution < -0.4 is 9.47 Å². The van der Waals surface area contributed by atoms with Crippen LogP contribution in [0.3, 0.4) is 0 Å². The molecule has 0 heterocycles. The van der Waals surface area contributed by atoms with E-state index in [0.717, 1.165) is 38.5 Å². The highest BCUT2D eigenvalue weighted by molar-refractivity contribution is 5.77. The van der Waals surface area contributed by atoms with Gasteiger partial charge in [0, 0.05) is 6.42 Å². The van der Waals surface area contributed by atoms with Crippen molar-refractivity contribution >= 4 is 11.9 Å². The molecule has 0 radical (unpaired) electrons. The number of hydrogen-bond acceptors (Lipinski definition) is 4. The Morgan fingerprint density at radius 1 is 0.957 bits per heavy atom. The number of unbranched alkanes of at least 4 members (excludes halogenated alkanes) is 3. The SMILES string of the molecule is CCCCCC(=O)Oc1ccccc1OC(=O)C(C)CCCC. The van der Waals surface area contributed by atoms with E-state index in [1.807, 2.05) is 6.92 Å². The predicted octanol–water partition coefficient (Wildman–Crippen LogP) is 4.90. The second-order valence-corrected chi connectivity index (χ2v) is 5.84. The zero-order valence-electron chi connectivity index (χ0n) is 14.5. The summed E-state index contributed by atoms with van der Waals surface area (Å²) in [6, 6.07) is 6.82. The molecule has 1 rings (SSSR count). The Labute approximate surface area is 139 Å². The van der Waals surface area contributed by atoms with Gasteiger partial charge in [-0.15, -0.1) is 0 Å². The molecular formula is C19H28O4. The minimum Gasteiger partial charge on any atom is -0.423 e. The Morgan fingerprint density at radius 2 is 1.57 bits per heavy atom. The van der Waals surface area contributed by atoms with Gasteiger partial charge in [-0.25, -0.2) is 0 Å². The molecule has 23 heavy (non-hydrogen) atoms. The molecule has 0 fully saturated rings. The molecule has 0 aliphatic heterocycles. The van der Waals surface area contributed by atoms with Crippen molar-refractivity contribution in [2.45, 2.75) is 65.7 Å². The molecule has 0 N–H and O–H groups in total. The standard InChI is InChI=1S/C19H28O4/c1-4-6-8-14-18(20)22-16-12-9-10-13-17(16)23-19(21)15(3)11-7-5-2/h9-10,12-13,15H,4-8,11,14H2,1-3H3. The van der Waals surface area contributed by atoms with Crippen molar-refractivity contribution in [3.8, 4) is 11.5 Å². The van der Waals surface area contributed by atoms with E-state index in [4.69, 9.17) is 9.47 Å². The molecule has 0 saturated carbocycles. The van der Waals surface area contributed by atoms with Crippen molar-refractivity contribution in [1.82, 2.24) is 0 Å². The molecule has 0 aliphatic carbocycles. The van der Waals surface area contributed by atoms with Gasteiger partial charge in [0.1, 0.15) is 0 Å². The Morgan fingerprint density at radius 3 is 2.17 bits per heavy atom. The fraction of sp³-hybridized carbons (Fsp3) is 0.579. The van der Waals surface area contributed by atoms with Gasteiger partial charge < -0.3 is 9.47 Å². The van der Waals surface area contributed by atoms with Gasteiger partial charge in [0.25, 0.3) is 0 Å². The first-order valence-electron chi connectivity index (χ1n) is 8.59. The lowest BCUT2D eigenvalue weighted by molar-refractivity contribution is -0.140. The summed E-state index contributed by atoms with van der Waals surface area (Å²) >= 11 is 0. The normalized spacial score (nSPS) is 11.8. The lowest BCUT2D eigenvalue weighted by Gasteiger charge is -2.13. The molecule has 0 aromatic heterocycles. The van der Waals surface area contributed by atoms with Crippen molar-refractivity contribution in [2.24, 2.45) is 5.92 Å². The molecule has 0 spiro atoms. The Bertz CT molecular complexity index is 496. The molecule has 4 nitrogen and oxygen atoms in total. The van der Waals surface area contributed by atoms with Crippen LogP contribution in [-0.2, 0) is 9.59 Å². The van der Waals surface area contributed by atoms with Crippen LogP contribution in [0.25, 0.3) is 0 Å². The number of ether oxygens (including phenoxy) is 2. The number of carbonyl (C=O) groups is 2. The van der Waals surface area contributed by atoms with E-state index in [1.165, 1.54) is 0 Å². The number of carbonyl (C=O) groups excluding carboxylic acids is 2. The first-order valence-corrected chi connectivity index (χ1v) is 8.59. The Balaban J connectivity index is 2.62. The second kappa shape index (κ2) is 10.8. The van der Waals surface area contributed by atoms with Crippen LogP contribution in [0.5, 0.6) is 11.5 Å². The number of hydrogen-bond donors (Lipinski definition) is 0. The van der Waals surface area contributed by atoms with Crippen LogP contribution in [0.4, 0.5) is 0 Å². The summed E-state index contributed by atoms with van der Waals surface area (Å²) in [4.78, 5) is 23.9.